The lowest BCUT2D eigenvalue weighted by Gasteiger charge is -2.31. The number of benzene rings is 2. The van der Waals surface area contributed by atoms with Crippen molar-refractivity contribution in [1.82, 2.24) is 10.2 Å². The van der Waals surface area contributed by atoms with Gasteiger partial charge in [0.2, 0.25) is 11.8 Å². The number of thioether (sulfide) groups is 1. The van der Waals surface area contributed by atoms with Crippen molar-refractivity contribution in [3.63, 3.8) is 0 Å². The summed E-state index contributed by atoms with van der Waals surface area (Å²) in [6, 6.07) is 15.9. The molecule has 5 nitrogen and oxygen atoms in total. The predicted molar refractivity (Wildman–Crippen MR) is 115 cm³/mol. The summed E-state index contributed by atoms with van der Waals surface area (Å²) in [5.74, 6) is -0.628. The number of amides is 2. The first kappa shape index (κ1) is 21.0. The predicted octanol–water partition coefficient (Wildman–Crippen LogP) is 3.92. The molecule has 0 saturated carbocycles. The molecule has 1 aliphatic rings. The number of hydrogen-bond acceptors (Lipinski definition) is 4. The molecule has 7 heteroatoms. The van der Waals surface area contributed by atoms with E-state index in [0.29, 0.717) is 23.9 Å². The van der Waals surface area contributed by atoms with E-state index in [1.807, 2.05) is 25.1 Å². The molecular weight excluding hydrogens is 389 g/mol. The summed E-state index contributed by atoms with van der Waals surface area (Å²) < 4.78 is 13.2. The Morgan fingerprint density at radius 3 is 2.62 bits per heavy atom. The fourth-order valence-corrected chi connectivity index (χ4v) is 4.21. The van der Waals surface area contributed by atoms with Gasteiger partial charge in [-0.1, -0.05) is 42.1 Å². The van der Waals surface area contributed by atoms with E-state index >= 15 is 0 Å². The lowest BCUT2D eigenvalue weighted by atomic mass is 10.1. The number of aryl methyl sites for hydroxylation is 1. The van der Waals surface area contributed by atoms with Crippen LogP contribution in [0, 0.1) is 5.82 Å². The molecule has 3 rings (SSSR count). The standard InChI is InChI=1S/C22H24FN3O2S/c1-2-24-21(28)19-15-20(27)26(14-6-9-16-7-4-3-5-8-16)22(29-19)25-18-12-10-17(23)11-13-18/h3-5,7-8,10-13,19H,2,6,9,14-15H2,1H3,(H,24,28). The summed E-state index contributed by atoms with van der Waals surface area (Å²) >= 11 is 1.29. The Bertz CT molecular complexity index is 871. The van der Waals surface area contributed by atoms with Crippen molar-refractivity contribution in [2.75, 3.05) is 13.1 Å². The summed E-state index contributed by atoms with van der Waals surface area (Å²) in [5, 5.41) is 2.75. The van der Waals surface area contributed by atoms with Gasteiger partial charge in [-0.3, -0.25) is 14.5 Å². The molecule has 29 heavy (non-hydrogen) atoms. The minimum atomic E-state index is -0.507. The Hall–Kier alpha value is -2.67. The van der Waals surface area contributed by atoms with Crippen LogP contribution < -0.4 is 5.32 Å². The Morgan fingerprint density at radius 1 is 1.21 bits per heavy atom. The van der Waals surface area contributed by atoms with Crippen molar-refractivity contribution in [3.8, 4) is 0 Å². The molecule has 0 bridgehead atoms. The van der Waals surface area contributed by atoms with E-state index in [1.165, 1.54) is 29.5 Å². The molecule has 2 amide bonds. The van der Waals surface area contributed by atoms with Crippen LogP contribution in [-0.2, 0) is 16.0 Å². The van der Waals surface area contributed by atoms with Crippen molar-refractivity contribution < 1.29 is 14.0 Å². The number of nitrogens with zero attached hydrogens (tertiary/aromatic N) is 2. The molecule has 2 aromatic rings. The Balaban J connectivity index is 1.76. The normalized spacial score (nSPS) is 18.1. The average molecular weight is 414 g/mol. The zero-order valence-electron chi connectivity index (χ0n) is 16.3. The Kier molecular flexibility index (Phi) is 7.41. The van der Waals surface area contributed by atoms with Crippen LogP contribution in [0.5, 0.6) is 0 Å². The molecule has 1 fully saturated rings. The van der Waals surface area contributed by atoms with Crippen LogP contribution in [-0.4, -0.2) is 40.2 Å². The molecule has 1 aliphatic heterocycles. The van der Waals surface area contributed by atoms with Crippen LogP contribution in [0.3, 0.4) is 0 Å². The Labute approximate surface area is 174 Å². The minimum absolute atomic E-state index is 0.117. The molecule has 1 atom stereocenters. The summed E-state index contributed by atoms with van der Waals surface area (Å²) in [6.07, 6.45) is 1.77. The number of amidine groups is 1. The van der Waals surface area contributed by atoms with Gasteiger partial charge < -0.3 is 5.32 Å². The first-order valence-corrected chi connectivity index (χ1v) is 10.6. The highest BCUT2D eigenvalue weighted by Gasteiger charge is 2.35. The molecule has 1 N–H and O–H groups in total. The van der Waals surface area contributed by atoms with E-state index in [9.17, 15) is 14.0 Å². The zero-order valence-corrected chi connectivity index (χ0v) is 17.1. The van der Waals surface area contributed by atoms with Gasteiger partial charge in [-0.05, 0) is 49.6 Å². The third-order valence-corrected chi connectivity index (χ3v) is 5.71. The summed E-state index contributed by atoms with van der Waals surface area (Å²) in [7, 11) is 0. The number of carbonyl (C=O) groups is 2. The van der Waals surface area contributed by atoms with Crippen LogP contribution in [0.2, 0.25) is 0 Å². The van der Waals surface area contributed by atoms with E-state index in [2.05, 4.69) is 22.4 Å². The fraction of sp³-hybridized carbons (Fsp3) is 0.318. The lowest BCUT2D eigenvalue weighted by molar-refractivity contribution is -0.130. The molecule has 0 aromatic heterocycles. The highest BCUT2D eigenvalue weighted by atomic mass is 32.2. The molecule has 1 saturated heterocycles. The van der Waals surface area contributed by atoms with Gasteiger partial charge in [0, 0.05) is 19.5 Å². The molecule has 1 unspecified atom stereocenters. The van der Waals surface area contributed by atoms with Crippen molar-refractivity contribution in [2.45, 2.75) is 31.4 Å². The van der Waals surface area contributed by atoms with Gasteiger partial charge in [-0.15, -0.1) is 0 Å². The smallest absolute Gasteiger partial charge is 0.234 e. The van der Waals surface area contributed by atoms with Crippen LogP contribution in [0.15, 0.2) is 59.6 Å². The Morgan fingerprint density at radius 2 is 1.93 bits per heavy atom. The second-order valence-electron chi connectivity index (χ2n) is 6.71. The van der Waals surface area contributed by atoms with Crippen molar-refractivity contribution in [2.24, 2.45) is 4.99 Å². The number of carbonyl (C=O) groups excluding carboxylic acids is 2. The monoisotopic (exact) mass is 413 g/mol. The summed E-state index contributed by atoms with van der Waals surface area (Å²) in [6.45, 7) is 2.87. The second kappa shape index (κ2) is 10.2. The van der Waals surface area contributed by atoms with Gasteiger partial charge in [0.1, 0.15) is 5.82 Å². The molecule has 2 aromatic carbocycles. The van der Waals surface area contributed by atoms with E-state index < -0.39 is 5.25 Å². The SMILES string of the molecule is CCNC(=O)C1CC(=O)N(CCCc2ccccc2)C(=Nc2ccc(F)cc2)S1. The van der Waals surface area contributed by atoms with Gasteiger partial charge in [-0.2, -0.15) is 0 Å². The van der Waals surface area contributed by atoms with Crippen molar-refractivity contribution in [1.29, 1.82) is 0 Å². The quantitative estimate of drug-likeness (QED) is 0.749. The maximum atomic E-state index is 13.2. The maximum absolute atomic E-state index is 13.2. The molecular formula is C22H24FN3O2S. The second-order valence-corrected chi connectivity index (χ2v) is 7.88. The number of halogens is 1. The highest BCUT2D eigenvalue weighted by molar-refractivity contribution is 8.15. The zero-order chi connectivity index (χ0) is 20.6. The van der Waals surface area contributed by atoms with Crippen molar-refractivity contribution in [3.05, 3.63) is 66.0 Å². The van der Waals surface area contributed by atoms with Crippen molar-refractivity contribution >= 4 is 34.4 Å². The highest BCUT2D eigenvalue weighted by Crippen LogP contribution is 2.29. The molecule has 1 heterocycles. The van der Waals surface area contributed by atoms with Crippen LogP contribution in [0.25, 0.3) is 0 Å². The number of nitrogens with one attached hydrogen (secondary N) is 1. The summed E-state index contributed by atoms with van der Waals surface area (Å²) in [4.78, 5) is 31.3. The van der Waals surface area contributed by atoms with Gasteiger partial charge in [-0.25, -0.2) is 9.38 Å². The van der Waals surface area contributed by atoms with Gasteiger partial charge in [0.15, 0.2) is 5.17 Å². The van der Waals surface area contributed by atoms with Crippen LogP contribution >= 0.6 is 11.8 Å². The molecule has 152 valence electrons. The third kappa shape index (κ3) is 5.90. The van der Waals surface area contributed by atoms with E-state index in [-0.39, 0.29) is 24.1 Å². The minimum Gasteiger partial charge on any atom is -0.355 e. The van der Waals surface area contributed by atoms with E-state index in [0.717, 1.165) is 12.8 Å². The lowest BCUT2D eigenvalue weighted by Crippen LogP contribution is -2.47. The van der Waals surface area contributed by atoms with Gasteiger partial charge >= 0.3 is 0 Å². The topological polar surface area (TPSA) is 61.8 Å². The maximum Gasteiger partial charge on any atom is 0.234 e. The largest absolute Gasteiger partial charge is 0.355 e. The first-order chi connectivity index (χ1) is 14.1. The number of hydrogen-bond donors (Lipinski definition) is 1. The number of rotatable bonds is 7. The third-order valence-electron chi connectivity index (χ3n) is 4.52. The van der Waals surface area contributed by atoms with Crippen LogP contribution in [0.1, 0.15) is 25.3 Å². The first-order valence-electron chi connectivity index (χ1n) is 9.69. The van der Waals surface area contributed by atoms with Gasteiger partial charge in [0.05, 0.1) is 10.9 Å². The summed E-state index contributed by atoms with van der Waals surface area (Å²) in [5.41, 5.74) is 1.76. The molecule has 0 radical (unpaired) electrons. The van der Waals surface area contributed by atoms with E-state index in [4.69, 9.17) is 0 Å². The molecule has 0 spiro atoms. The molecule has 0 aliphatic carbocycles. The van der Waals surface area contributed by atoms with Crippen LogP contribution in [0.4, 0.5) is 10.1 Å². The fourth-order valence-electron chi connectivity index (χ4n) is 3.06. The van der Waals surface area contributed by atoms with Gasteiger partial charge in [0.25, 0.3) is 0 Å². The van der Waals surface area contributed by atoms with E-state index in [1.54, 1.807) is 17.0 Å². The average Bonchev–Trinajstić information content (AvgIpc) is 2.72. The number of aliphatic imine (C=N–C) groups is 1.